The molecule has 22 heavy (non-hydrogen) atoms. The van der Waals surface area contributed by atoms with E-state index >= 15 is 0 Å². The molecule has 0 saturated heterocycles. The van der Waals surface area contributed by atoms with Gasteiger partial charge in [-0.2, -0.15) is 0 Å². The molecule has 0 radical (unpaired) electrons. The molecule has 4 nitrogen and oxygen atoms in total. The monoisotopic (exact) mass is 296 g/mol. The van der Waals surface area contributed by atoms with Crippen LogP contribution in [0.15, 0.2) is 48.5 Å². The molecule has 0 unspecified atom stereocenters. The van der Waals surface area contributed by atoms with Crippen LogP contribution in [0.1, 0.15) is 0 Å². The Morgan fingerprint density at radius 2 is 0.909 bits per heavy atom. The van der Waals surface area contributed by atoms with Crippen LogP contribution in [0.2, 0.25) is 0 Å². The Hall–Kier alpha value is -2.30. The molecule has 0 aromatic heterocycles. The van der Waals surface area contributed by atoms with E-state index in [2.05, 4.69) is 0 Å². The number of ether oxygens (including phenoxy) is 2. The molecule has 3 aromatic carbocycles. The van der Waals surface area contributed by atoms with E-state index in [1.54, 1.807) is 0 Å². The smallest absolute Gasteiger partial charge is 0.135 e. The number of hydrogen-bond acceptors (Lipinski definition) is 4. The highest BCUT2D eigenvalue weighted by atomic mass is 16.5. The molecular weight excluding hydrogens is 276 g/mol. The van der Waals surface area contributed by atoms with E-state index in [0.29, 0.717) is 26.3 Å². The number of hydrogen-bond donors (Lipinski definition) is 2. The van der Waals surface area contributed by atoms with Gasteiger partial charge in [-0.05, 0) is 0 Å². The van der Waals surface area contributed by atoms with Crippen molar-refractivity contribution in [2.45, 2.75) is 0 Å². The van der Waals surface area contributed by atoms with Crippen LogP contribution in [0, 0.1) is 0 Å². The lowest BCUT2D eigenvalue weighted by atomic mass is 10.0. The molecule has 114 valence electrons. The minimum Gasteiger partial charge on any atom is -0.491 e. The zero-order valence-corrected chi connectivity index (χ0v) is 12.4. The van der Waals surface area contributed by atoms with Gasteiger partial charge in [-0.25, -0.2) is 0 Å². The van der Waals surface area contributed by atoms with E-state index in [1.165, 1.54) is 0 Å². The summed E-state index contributed by atoms with van der Waals surface area (Å²) in [6.07, 6.45) is 0. The van der Waals surface area contributed by atoms with Gasteiger partial charge in [0.05, 0.1) is 0 Å². The summed E-state index contributed by atoms with van der Waals surface area (Å²) >= 11 is 0. The molecule has 0 amide bonds. The SMILES string of the molecule is NCCOc1c2ccccc2c(OCCN)c2ccccc12. The highest BCUT2D eigenvalue weighted by Gasteiger charge is 2.15. The van der Waals surface area contributed by atoms with Gasteiger partial charge in [-0.15, -0.1) is 0 Å². The summed E-state index contributed by atoms with van der Waals surface area (Å²) in [7, 11) is 0. The number of fused-ring (bicyclic) bond motifs is 2. The Balaban J connectivity index is 2.32. The lowest BCUT2D eigenvalue weighted by molar-refractivity contribution is 0.330. The lowest BCUT2D eigenvalue weighted by Crippen LogP contribution is -2.12. The zero-order valence-electron chi connectivity index (χ0n) is 12.4. The van der Waals surface area contributed by atoms with Gasteiger partial charge < -0.3 is 20.9 Å². The number of benzene rings is 3. The second kappa shape index (κ2) is 6.64. The Bertz CT molecular complexity index is 663. The Kier molecular flexibility index (Phi) is 4.42. The summed E-state index contributed by atoms with van der Waals surface area (Å²) in [6, 6.07) is 16.2. The highest BCUT2D eigenvalue weighted by Crippen LogP contribution is 2.42. The van der Waals surface area contributed by atoms with Crippen molar-refractivity contribution in [3.8, 4) is 11.5 Å². The van der Waals surface area contributed by atoms with Crippen molar-refractivity contribution in [1.82, 2.24) is 0 Å². The molecule has 3 aromatic rings. The number of rotatable bonds is 6. The number of nitrogens with two attached hydrogens (primary N) is 2. The maximum absolute atomic E-state index is 5.94. The van der Waals surface area contributed by atoms with Gasteiger partial charge in [-0.1, -0.05) is 48.5 Å². The topological polar surface area (TPSA) is 70.5 Å². The highest BCUT2D eigenvalue weighted by molar-refractivity contribution is 6.11. The largest absolute Gasteiger partial charge is 0.491 e. The van der Waals surface area contributed by atoms with Gasteiger partial charge in [0, 0.05) is 34.6 Å². The van der Waals surface area contributed by atoms with E-state index in [-0.39, 0.29) is 0 Å². The summed E-state index contributed by atoms with van der Waals surface area (Å²) < 4.78 is 11.9. The average molecular weight is 296 g/mol. The van der Waals surface area contributed by atoms with Crippen LogP contribution in [0.25, 0.3) is 21.5 Å². The quantitative estimate of drug-likeness (QED) is 0.686. The summed E-state index contributed by atoms with van der Waals surface area (Å²) in [4.78, 5) is 0. The predicted octanol–water partition coefficient (Wildman–Crippen LogP) is 2.67. The van der Waals surface area contributed by atoms with Crippen LogP contribution in [0.4, 0.5) is 0 Å². The Morgan fingerprint density at radius 3 is 1.18 bits per heavy atom. The summed E-state index contributed by atoms with van der Waals surface area (Å²) in [5.41, 5.74) is 11.2. The van der Waals surface area contributed by atoms with Gasteiger partial charge in [0.2, 0.25) is 0 Å². The molecule has 0 saturated carbocycles. The molecule has 0 aliphatic carbocycles. The molecule has 0 aliphatic rings. The normalized spacial score (nSPS) is 11.0. The average Bonchev–Trinajstić information content (AvgIpc) is 2.58. The van der Waals surface area contributed by atoms with Crippen molar-refractivity contribution in [3.05, 3.63) is 48.5 Å². The van der Waals surface area contributed by atoms with Crippen molar-refractivity contribution < 1.29 is 9.47 Å². The molecule has 4 heteroatoms. The van der Waals surface area contributed by atoms with Gasteiger partial charge in [-0.3, -0.25) is 0 Å². The van der Waals surface area contributed by atoms with Gasteiger partial charge >= 0.3 is 0 Å². The third kappa shape index (κ3) is 2.58. The van der Waals surface area contributed by atoms with Crippen LogP contribution >= 0.6 is 0 Å². The molecule has 0 atom stereocenters. The molecular formula is C18H20N2O2. The lowest BCUT2D eigenvalue weighted by Gasteiger charge is -2.17. The van der Waals surface area contributed by atoms with Crippen molar-refractivity contribution in [2.24, 2.45) is 11.5 Å². The zero-order chi connectivity index (χ0) is 15.4. The molecule has 0 bridgehead atoms. The van der Waals surface area contributed by atoms with Gasteiger partial charge in [0.1, 0.15) is 24.7 Å². The minimum absolute atomic E-state index is 0.480. The first kappa shape index (κ1) is 14.6. The van der Waals surface area contributed by atoms with E-state index in [9.17, 15) is 0 Å². The van der Waals surface area contributed by atoms with Crippen LogP contribution in [-0.4, -0.2) is 26.3 Å². The van der Waals surface area contributed by atoms with E-state index in [0.717, 1.165) is 33.0 Å². The summed E-state index contributed by atoms with van der Waals surface area (Å²) in [5.74, 6) is 1.72. The maximum atomic E-state index is 5.94. The van der Waals surface area contributed by atoms with Crippen LogP contribution in [0.5, 0.6) is 11.5 Å². The van der Waals surface area contributed by atoms with Crippen molar-refractivity contribution in [2.75, 3.05) is 26.3 Å². The second-order valence-corrected chi connectivity index (χ2v) is 5.02. The minimum atomic E-state index is 0.480. The van der Waals surface area contributed by atoms with E-state index in [4.69, 9.17) is 20.9 Å². The Labute approximate surface area is 129 Å². The maximum Gasteiger partial charge on any atom is 0.135 e. The predicted molar refractivity (Wildman–Crippen MR) is 90.6 cm³/mol. The van der Waals surface area contributed by atoms with Crippen molar-refractivity contribution in [1.29, 1.82) is 0 Å². The van der Waals surface area contributed by atoms with Crippen LogP contribution < -0.4 is 20.9 Å². The van der Waals surface area contributed by atoms with Gasteiger partial charge in [0.25, 0.3) is 0 Å². The molecule has 0 fully saturated rings. The first-order chi connectivity index (χ1) is 10.9. The fraction of sp³-hybridized carbons (Fsp3) is 0.222. The molecule has 0 heterocycles. The molecule has 0 aliphatic heterocycles. The molecule has 3 rings (SSSR count). The fourth-order valence-electron chi connectivity index (χ4n) is 2.68. The summed E-state index contributed by atoms with van der Waals surface area (Å²) in [6.45, 7) is 1.93. The van der Waals surface area contributed by atoms with Gasteiger partial charge in [0.15, 0.2) is 0 Å². The van der Waals surface area contributed by atoms with Crippen molar-refractivity contribution in [3.63, 3.8) is 0 Å². The van der Waals surface area contributed by atoms with Crippen LogP contribution in [0.3, 0.4) is 0 Å². The summed E-state index contributed by atoms with van der Waals surface area (Å²) in [5, 5.41) is 4.12. The molecule has 0 spiro atoms. The first-order valence-electron chi connectivity index (χ1n) is 7.46. The second-order valence-electron chi connectivity index (χ2n) is 5.02. The van der Waals surface area contributed by atoms with Crippen LogP contribution in [-0.2, 0) is 0 Å². The Morgan fingerprint density at radius 1 is 0.591 bits per heavy atom. The standard InChI is InChI=1S/C18H20N2O2/c19-9-11-21-17-13-5-1-2-6-14(13)18(22-12-10-20)16-8-4-3-7-15(16)17/h1-8H,9-12,19-20H2. The third-order valence-electron chi connectivity index (χ3n) is 3.56. The van der Waals surface area contributed by atoms with E-state index < -0.39 is 0 Å². The van der Waals surface area contributed by atoms with E-state index in [1.807, 2.05) is 48.5 Å². The molecule has 4 N–H and O–H groups in total. The van der Waals surface area contributed by atoms with Crippen molar-refractivity contribution >= 4 is 21.5 Å². The first-order valence-corrected chi connectivity index (χ1v) is 7.46. The fourth-order valence-corrected chi connectivity index (χ4v) is 2.68. The third-order valence-corrected chi connectivity index (χ3v) is 3.56.